The third-order valence-corrected chi connectivity index (χ3v) is 2.98. The molecule has 0 spiro atoms. The molecule has 0 bridgehead atoms. The largest absolute Gasteiger partial charge is 0.472 e. The second-order valence-corrected chi connectivity index (χ2v) is 4.62. The summed E-state index contributed by atoms with van der Waals surface area (Å²) in [5, 5.41) is 10.4. The van der Waals surface area contributed by atoms with Crippen LogP contribution >= 0.6 is 11.6 Å². The van der Waals surface area contributed by atoms with Crippen LogP contribution in [0.4, 0.5) is 4.39 Å². The summed E-state index contributed by atoms with van der Waals surface area (Å²) in [5.41, 5.74) is 0.249. The SMILES string of the molecule is CC(O)(Cc1ccc(Cl)c(F)c1)c1ccoc1. The molecule has 1 unspecified atom stereocenters. The Labute approximate surface area is 104 Å². The van der Waals surface area contributed by atoms with Gasteiger partial charge in [-0.15, -0.1) is 0 Å². The molecule has 1 aromatic heterocycles. The molecule has 1 atom stereocenters. The Morgan fingerprint density at radius 2 is 2.18 bits per heavy atom. The van der Waals surface area contributed by atoms with Gasteiger partial charge in [-0.3, -0.25) is 0 Å². The first-order valence-corrected chi connectivity index (χ1v) is 5.56. The van der Waals surface area contributed by atoms with Crippen molar-refractivity contribution in [3.63, 3.8) is 0 Å². The van der Waals surface area contributed by atoms with Gasteiger partial charge in [0.15, 0.2) is 0 Å². The predicted molar refractivity (Wildman–Crippen MR) is 63.4 cm³/mol. The molecule has 2 rings (SSSR count). The first kappa shape index (κ1) is 12.1. The summed E-state index contributed by atoms with van der Waals surface area (Å²) in [4.78, 5) is 0. The molecule has 1 N–H and O–H groups in total. The van der Waals surface area contributed by atoms with Crippen molar-refractivity contribution in [1.29, 1.82) is 0 Å². The van der Waals surface area contributed by atoms with Crippen molar-refractivity contribution in [1.82, 2.24) is 0 Å². The van der Waals surface area contributed by atoms with Crippen molar-refractivity contribution < 1.29 is 13.9 Å². The molecule has 17 heavy (non-hydrogen) atoms. The molecule has 0 aliphatic carbocycles. The quantitative estimate of drug-likeness (QED) is 0.909. The molecule has 0 radical (unpaired) electrons. The summed E-state index contributed by atoms with van der Waals surface area (Å²) in [6.07, 6.45) is 3.26. The average molecular weight is 255 g/mol. The van der Waals surface area contributed by atoms with Crippen LogP contribution in [0.25, 0.3) is 0 Å². The maximum Gasteiger partial charge on any atom is 0.142 e. The molecule has 0 aliphatic heterocycles. The Morgan fingerprint density at radius 3 is 2.76 bits per heavy atom. The maximum absolute atomic E-state index is 13.3. The molecular weight excluding hydrogens is 243 g/mol. The molecule has 2 nitrogen and oxygen atoms in total. The second kappa shape index (κ2) is 4.51. The Kier molecular flexibility index (Phi) is 3.22. The topological polar surface area (TPSA) is 33.4 Å². The Hall–Kier alpha value is -1.32. The van der Waals surface area contributed by atoms with E-state index in [0.29, 0.717) is 17.5 Å². The molecule has 90 valence electrons. The minimum Gasteiger partial charge on any atom is -0.472 e. The molecule has 4 heteroatoms. The van der Waals surface area contributed by atoms with E-state index in [0.717, 1.165) is 0 Å². The fraction of sp³-hybridized carbons (Fsp3) is 0.231. The van der Waals surface area contributed by atoms with Crippen LogP contribution in [0.3, 0.4) is 0 Å². The van der Waals surface area contributed by atoms with Crippen molar-refractivity contribution in [2.24, 2.45) is 0 Å². The van der Waals surface area contributed by atoms with E-state index in [1.165, 1.54) is 24.7 Å². The highest BCUT2D eigenvalue weighted by molar-refractivity contribution is 6.30. The number of hydrogen-bond acceptors (Lipinski definition) is 2. The monoisotopic (exact) mass is 254 g/mol. The summed E-state index contributed by atoms with van der Waals surface area (Å²) in [6.45, 7) is 1.66. The number of benzene rings is 1. The van der Waals surface area contributed by atoms with Crippen LogP contribution < -0.4 is 0 Å². The van der Waals surface area contributed by atoms with Crippen molar-refractivity contribution >= 4 is 11.6 Å². The van der Waals surface area contributed by atoms with Gasteiger partial charge in [-0.1, -0.05) is 17.7 Å². The fourth-order valence-electron chi connectivity index (χ4n) is 1.72. The zero-order valence-corrected chi connectivity index (χ0v) is 10.0. The summed E-state index contributed by atoms with van der Waals surface area (Å²) in [5.74, 6) is -0.479. The predicted octanol–water partition coefficient (Wildman–Crippen LogP) is 3.52. The molecule has 0 saturated heterocycles. The lowest BCUT2D eigenvalue weighted by Crippen LogP contribution is -2.23. The minimum atomic E-state index is -1.09. The van der Waals surface area contributed by atoms with Crippen molar-refractivity contribution in [2.75, 3.05) is 0 Å². The molecule has 1 heterocycles. The van der Waals surface area contributed by atoms with Gasteiger partial charge in [0.1, 0.15) is 5.82 Å². The van der Waals surface area contributed by atoms with Crippen LogP contribution in [0.15, 0.2) is 41.2 Å². The Balaban J connectivity index is 2.23. The minimum absolute atomic E-state index is 0.0803. The van der Waals surface area contributed by atoms with Crippen LogP contribution in [0.2, 0.25) is 5.02 Å². The molecule has 1 aromatic carbocycles. The van der Waals surface area contributed by atoms with Crippen LogP contribution in [0.5, 0.6) is 0 Å². The summed E-state index contributed by atoms with van der Waals surface area (Å²) in [6, 6.07) is 6.20. The van der Waals surface area contributed by atoms with Crippen LogP contribution in [-0.2, 0) is 12.0 Å². The van der Waals surface area contributed by atoms with E-state index in [4.69, 9.17) is 16.0 Å². The van der Waals surface area contributed by atoms with Crippen molar-refractivity contribution in [3.05, 3.63) is 58.8 Å². The van der Waals surface area contributed by atoms with Crippen molar-refractivity contribution in [2.45, 2.75) is 18.9 Å². The van der Waals surface area contributed by atoms with Gasteiger partial charge in [0.2, 0.25) is 0 Å². The Morgan fingerprint density at radius 1 is 1.41 bits per heavy atom. The van der Waals surface area contributed by atoms with E-state index in [9.17, 15) is 9.50 Å². The van der Waals surface area contributed by atoms with E-state index in [-0.39, 0.29) is 5.02 Å². The third kappa shape index (κ3) is 2.68. The molecular formula is C13H12ClFO2. The van der Waals surface area contributed by atoms with E-state index in [1.54, 1.807) is 19.1 Å². The lowest BCUT2D eigenvalue weighted by atomic mass is 9.91. The lowest BCUT2D eigenvalue weighted by Gasteiger charge is -2.21. The number of hydrogen-bond donors (Lipinski definition) is 1. The first-order valence-electron chi connectivity index (χ1n) is 5.18. The van der Waals surface area contributed by atoms with E-state index < -0.39 is 11.4 Å². The number of halogens is 2. The van der Waals surface area contributed by atoms with Gasteiger partial charge in [-0.25, -0.2) is 4.39 Å². The molecule has 0 amide bonds. The van der Waals surface area contributed by atoms with Gasteiger partial charge in [0.05, 0.1) is 23.2 Å². The number of rotatable bonds is 3. The van der Waals surface area contributed by atoms with Crippen LogP contribution in [-0.4, -0.2) is 5.11 Å². The van der Waals surface area contributed by atoms with Gasteiger partial charge in [0, 0.05) is 12.0 Å². The zero-order chi connectivity index (χ0) is 12.5. The average Bonchev–Trinajstić information content (AvgIpc) is 2.77. The third-order valence-electron chi connectivity index (χ3n) is 2.68. The maximum atomic E-state index is 13.3. The van der Waals surface area contributed by atoms with Gasteiger partial charge < -0.3 is 9.52 Å². The number of aliphatic hydroxyl groups is 1. The van der Waals surface area contributed by atoms with E-state index in [1.807, 2.05) is 0 Å². The number of furan rings is 1. The molecule has 0 fully saturated rings. The summed E-state index contributed by atoms with van der Waals surface area (Å²) in [7, 11) is 0. The first-order chi connectivity index (χ1) is 7.99. The van der Waals surface area contributed by atoms with Crippen molar-refractivity contribution in [3.8, 4) is 0 Å². The molecule has 0 aliphatic rings. The van der Waals surface area contributed by atoms with Gasteiger partial charge in [-0.05, 0) is 30.7 Å². The van der Waals surface area contributed by atoms with Gasteiger partial charge in [0.25, 0.3) is 0 Å². The van der Waals surface area contributed by atoms with Crippen LogP contribution in [0.1, 0.15) is 18.1 Å². The second-order valence-electron chi connectivity index (χ2n) is 4.21. The smallest absolute Gasteiger partial charge is 0.142 e. The van der Waals surface area contributed by atoms with E-state index in [2.05, 4.69) is 0 Å². The summed E-state index contributed by atoms with van der Waals surface area (Å²) >= 11 is 5.60. The highest BCUT2D eigenvalue weighted by atomic mass is 35.5. The van der Waals surface area contributed by atoms with Gasteiger partial charge >= 0.3 is 0 Å². The highest BCUT2D eigenvalue weighted by Gasteiger charge is 2.25. The van der Waals surface area contributed by atoms with E-state index >= 15 is 0 Å². The lowest BCUT2D eigenvalue weighted by molar-refractivity contribution is 0.0569. The Bertz CT molecular complexity index is 506. The molecule has 0 saturated carbocycles. The normalized spacial score (nSPS) is 14.6. The summed E-state index contributed by atoms with van der Waals surface area (Å²) < 4.78 is 18.2. The molecule has 2 aromatic rings. The standard InChI is InChI=1S/C13H12ClFO2/c1-13(16,10-4-5-17-8-10)7-9-2-3-11(14)12(15)6-9/h2-6,8,16H,7H2,1H3. The van der Waals surface area contributed by atoms with Crippen LogP contribution in [0, 0.1) is 5.82 Å². The zero-order valence-electron chi connectivity index (χ0n) is 9.28. The highest BCUT2D eigenvalue weighted by Crippen LogP contribution is 2.27. The van der Waals surface area contributed by atoms with Gasteiger partial charge in [-0.2, -0.15) is 0 Å². The fourth-order valence-corrected chi connectivity index (χ4v) is 1.84.